The summed E-state index contributed by atoms with van der Waals surface area (Å²) in [5.74, 6) is 0.411. The molecule has 28 heavy (non-hydrogen) atoms. The van der Waals surface area contributed by atoms with Crippen LogP contribution in [0.5, 0.6) is 0 Å². The minimum Gasteiger partial charge on any atom is -0.372 e. The van der Waals surface area contributed by atoms with E-state index >= 15 is 0 Å². The van der Waals surface area contributed by atoms with Crippen LogP contribution in [-0.2, 0) is 4.74 Å². The van der Waals surface area contributed by atoms with Crippen molar-refractivity contribution < 1.29 is 14.1 Å². The van der Waals surface area contributed by atoms with E-state index in [1.165, 1.54) is 0 Å². The molecule has 0 bridgehead atoms. The third-order valence-electron chi connectivity index (χ3n) is 5.45. The first-order valence-electron chi connectivity index (χ1n) is 9.81. The van der Waals surface area contributed by atoms with Crippen molar-refractivity contribution in [3.63, 3.8) is 0 Å². The van der Waals surface area contributed by atoms with Crippen LogP contribution >= 0.6 is 0 Å². The number of benzene rings is 1. The van der Waals surface area contributed by atoms with Crippen molar-refractivity contribution in [3.05, 3.63) is 47.7 Å². The summed E-state index contributed by atoms with van der Waals surface area (Å²) in [6, 6.07) is 11.8. The van der Waals surface area contributed by atoms with E-state index in [1.807, 2.05) is 55.1 Å². The minimum absolute atomic E-state index is 0.00828. The smallest absolute Gasteiger partial charge is 0.259 e. The maximum Gasteiger partial charge on any atom is 0.259 e. The van der Waals surface area contributed by atoms with Gasteiger partial charge in [0, 0.05) is 30.3 Å². The van der Waals surface area contributed by atoms with Crippen molar-refractivity contribution >= 4 is 17.0 Å². The molecule has 2 aromatic heterocycles. The lowest BCUT2D eigenvalue weighted by Gasteiger charge is -2.38. The normalized spacial score (nSPS) is 19.1. The lowest BCUT2D eigenvalue weighted by Crippen LogP contribution is -2.50. The number of carbonyl (C=O) groups is 1. The summed E-state index contributed by atoms with van der Waals surface area (Å²) >= 11 is 0. The van der Waals surface area contributed by atoms with Crippen molar-refractivity contribution in [2.45, 2.75) is 38.2 Å². The van der Waals surface area contributed by atoms with Crippen LogP contribution in [0.15, 0.2) is 40.9 Å². The van der Waals surface area contributed by atoms with Crippen LogP contribution < -0.4 is 0 Å². The zero-order valence-electron chi connectivity index (χ0n) is 16.1. The van der Waals surface area contributed by atoms with Gasteiger partial charge in [0.1, 0.15) is 5.69 Å². The molecule has 1 saturated heterocycles. The van der Waals surface area contributed by atoms with E-state index in [-0.39, 0.29) is 11.5 Å². The molecule has 6 heteroatoms. The molecular weight excluding hydrogens is 354 g/mol. The zero-order valence-corrected chi connectivity index (χ0v) is 16.1. The number of hydrogen-bond acceptors (Lipinski definition) is 5. The predicted octanol–water partition coefficient (Wildman–Crippen LogP) is 4.02. The van der Waals surface area contributed by atoms with Crippen molar-refractivity contribution in [1.29, 1.82) is 0 Å². The highest BCUT2D eigenvalue weighted by molar-refractivity contribution is 6.09. The molecule has 1 aromatic carbocycles. The van der Waals surface area contributed by atoms with Gasteiger partial charge in [-0.15, -0.1) is 0 Å². The number of rotatable bonds is 3. The fourth-order valence-electron chi connectivity index (χ4n) is 3.88. The first-order valence-corrected chi connectivity index (χ1v) is 9.81. The van der Waals surface area contributed by atoms with Crippen LogP contribution in [0.1, 0.15) is 48.7 Å². The van der Waals surface area contributed by atoms with Crippen molar-refractivity contribution in [2.75, 3.05) is 19.7 Å². The van der Waals surface area contributed by atoms with Gasteiger partial charge >= 0.3 is 0 Å². The molecule has 1 aliphatic heterocycles. The van der Waals surface area contributed by atoms with Gasteiger partial charge < -0.3 is 14.2 Å². The van der Waals surface area contributed by atoms with Crippen LogP contribution in [0, 0.1) is 0 Å². The number of amides is 1. The fraction of sp³-hybridized carbons (Fsp3) is 0.409. The Hall–Kier alpha value is -2.73. The topological polar surface area (TPSA) is 68.5 Å². The van der Waals surface area contributed by atoms with Crippen LogP contribution in [0.4, 0.5) is 0 Å². The molecule has 3 heterocycles. The molecule has 6 nitrogen and oxygen atoms in total. The first-order chi connectivity index (χ1) is 13.5. The first kappa shape index (κ1) is 17.4. The number of ether oxygens (including phenoxy) is 1. The maximum absolute atomic E-state index is 13.6. The molecular formula is C22H23N3O3. The Morgan fingerprint density at radius 2 is 2.00 bits per heavy atom. The van der Waals surface area contributed by atoms with E-state index in [9.17, 15) is 4.79 Å². The third kappa shape index (κ3) is 3.07. The summed E-state index contributed by atoms with van der Waals surface area (Å²) in [5, 5.41) is 4.97. The molecule has 0 radical (unpaired) electrons. The summed E-state index contributed by atoms with van der Waals surface area (Å²) in [6.07, 6.45) is 2.22. The van der Waals surface area contributed by atoms with Gasteiger partial charge in [0.25, 0.3) is 11.6 Å². The SMILES string of the molecule is CC1(C)CN(C(=O)c2cc(C3CC3)nc3onc(-c4ccccc4)c23)CCO1. The Kier molecular flexibility index (Phi) is 3.98. The van der Waals surface area contributed by atoms with Gasteiger partial charge in [0.15, 0.2) is 0 Å². The van der Waals surface area contributed by atoms with Gasteiger partial charge in [-0.3, -0.25) is 4.79 Å². The summed E-state index contributed by atoms with van der Waals surface area (Å²) in [5.41, 5.74) is 3.24. The molecule has 5 rings (SSSR count). The molecule has 0 unspecified atom stereocenters. The molecule has 2 aliphatic rings. The summed E-state index contributed by atoms with van der Waals surface area (Å²) in [7, 11) is 0. The van der Waals surface area contributed by atoms with E-state index < -0.39 is 0 Å². The number of hydrogen-bond donors (Lipinski definition) is 0. The largest absolute Gasteiger partial charge is 0.372 e. The molecule has 2 fully saturated rings. The number of aromatic nitrogens is 2. The van der Waals surface area contributed by atoms with Gasteiger partial charge in [-0.25, -0.2) is 4.98 Å². The highest BCUT2D eigenvalue weighted by atomic mass is 16.5. The summed E-state index contributed by atoms with van der Waals surface area (Å²) in [4.78, 5) is 20.1. The monoisotopic (exact) mass is 377 g/mol. The van der Waals surface area contributed by atoms with Gasteiger partial charge in [0.2, 0.25) is 0 Å². The van der Waals surface area contributed by atoms with Crippen LogP contribution in [0.25, 0.3) is 22.4 Å². The maximum atomic E-state index is 13.6. The summed E-state index contributed by atoms with van der Waals surface area (Å²) in [6.45, 7) is 5.70. The van der Waals surface area contributed by atoms with Crippen LogP contribution in [0.2, 0.25) is 0 Å². The number of morpholine rings is 1. The molecule has 144 valence electrons. The Labute approximate surface area is 163 Å². The van der Waals surface area contributed by atoms with E-state index in [4.69, 9.17) is 9.26 Å². The fourth-order valence-corrected chi connectivity index (χ4v) is 3.88. The number of pyridine rings is 1. The predicted molar refractivity (Wildman–Crippen MR) is 105 cm³/mol. The Balaban J connectivity index is 1.65. The van der Waals surface area contributed by atoms with E-state index in [2.05, 4.69) is 10.1 Å². The molecule has 1 amide bonds. The molecule has 1 saturated carbocycles. The average Bonchev–Trinajstić information content (AvgIpc) is 3.46. The highest BCUT2D eigenvalue weighted by Crippen LogP contribution is 2.41. The molecule has 0 spiro atoms. The van der Waals surface area contributed by atoms with Gasteiger partial charge in [-0.05, 0) is 32.8 Å². The molecule has 1 aliphatic carbocycles. The molecule has 0 atom stereocenters. The zero-order chi connectivity index (χ0) is 19.3. The van der Waals surface area contributed by atoms with Gasteiger partial charge in [-0.2, -0.15) is 0 Å². The Morgan fingerprint density at radius 1 is 1.21 bits per heavy atom. The molecule has 3 aromatic rings. The summed E-state index contributed by atoms with van der Waals surface area (Å²) < 4.78 is 11.4. The number of nitrogens with zero attached hydrogens (tertiary/aromatic N) is 3. The second-order valence-corrected chi connectivity index (χ2v) is 8.28. The van der Waals surface area contributed by atoms with Crippen LogP contribution in [0.3, 0.4) is 0 Å². The average molecular weight is 377 g/mol. The second kappa shape index (κ2) is 6.41. The number of fused-ring (bicyclic) bond motifs is 1. The quantitative estimate of drug-likeness (QED) is 0.690. The third-order valence-corrected chi connectivity index (χ3v) is 5.45. The van der Waals surface area contributed by atoms with Crippen molar-refractivity contribution in [2.24, 2.45) is 0 Å². The Bertz CT molecular complexity index is 1040. The number of carbonyl (C=O) groups excluding carboxylic acids is 1. The van der Waals surface area contributed by atoms with Crippen molar-refractivity contribution in [1.82, 2.24) is 15.0 Å². The van der Waals surface area contributed by atoms with E-state index in [0.29, 0.717) is 48.0 Å². The molecule has 0 N–H and O–H groups in total. The highest BCUT2D eigenvalue weighted by Gasteiger charge is 2.34. The lowest BCUT2D eigenvalue weighted by molar-refractivity contribution is -0.0763. The van der Waals surface area contributed by atoms with E-state index in [1.54, 1.807) is 0 Å². The standard InChI is InChI=1S/C22H23N3O3/c1-22(2)13-25(10-11-27-22)21(26)16-12-17(14-8-9-14)23-20-18(16)19(24-28-20)15-6-4-3-5-7-15/h3-7,12,14H,8-11,13H2,1-2H3. The Morgan fingerprint density at radius 3 is 2.71 bits per heavy atom. The van der Waals surface area contributed by atoms with Gasteiger partial charge in [-0.1, -0.05) is 35.5 Å². The van der Waals surface area contributed by atoms with Gasteiger partial charge in [0.05, 0.1) is 23.2 Å². The second-order valence-electron chi connectivity index (χ2n) is 8.28. The lowest BCUT2D eigenvalue weighted by atomic mass is 10.0. The van der Waals surface area contributed by atoms with E-state index in [0.717, 1.165) is 24.1 Å². The van der Waals surface area contributed by atoms with Crippen LogP contribution in [-0.4, -0.2) is 46.2 Å². The van der Waals surface area contributed by atoms with Crippen molar-refractivity contribution in [3.8, 4) is 11.3 Å². The minimum atomic E-state index is -0.351.